The van der Waals surface area contributed by atoms with Crippen LogP contribution in [-0.4, -0.2) is 32.4 Å². The quantitative estimate of drug-likeness (QED) is 0.800. The highest BCUT2D eigenvalue weighted by Gasteiger charge is 2.27. The zero-order valence-corrected chi connectivity index (χ0v) is 12.9. The summed E-state index contributed by atoms with van der Waals surface area (Å²) in [4.78, 5) is 22.9. The maximum atomic E-state index is 11.9. The highest BCUT2D eigenvalue weighted by Crippen LogP contribution is 2.29. The van der Waals surface area contributed by atoms with Crippen molar-refractivity contribution < 1.29 is 14.7 Å². The van der Waals surface area contributed by atoms with Gasteiger partial charge in [-0.15, -0.1) is 0 Å². The van der Waals surface area contributed by atoms with Crippen LogP contribution in [0.15, 0.2) is 12.1 Å². The van der Waals surface area contributed by atoms with Gasteiger partial charge in [-0.25, -0.2) is 4.79 Å². The van der Waals surface area contributed by atoms with E-state index in [1.807, 2.05) is 0 Å². The number of rotatable bonds is 4. The Hall–Kier alpha value is -1.93. The average Bonchev–Trinajstić information content (AvgIpc) is 2.88. The standard InChI is InChI=1S/C12H13ClN4O3S/c1-12(2,10(18)19)5-14-11(20)15-8-6(13)3-4-7-9(8)17-21-16-7/h3-4H,5H2,1-2H3,(H,18,19)(H2,14,15,20). The molecule has 0 saturated carbocycles. The number of fused-ring (bicyclic) bond motifs is 1. The number of nitrogens with one attached hydrogen (secondary N) is 2. The van der Waals surface area contributed by atoms with Crippen LogP contribution in [0.4, 0.5) is 10.5 Å². The minimum atomic E-state index is -1.06. The number of carbonyl (C=O) groups excluding carboxylic acids is 1. The number of carboxylic acids is 1. The predicted octanol–water partition coefficient (Wildman–Crippen LogP) is 2.58. The second kappa shape index (κ2) is 5.82. The maximum Gasteiger partial charge on any atom is 0.319 e. The summed E-state index contributed by atoms with van der Waals surface area (Å²) in [6.45, 7) is 3.03. The van der Waals surface area contributed by atoms with Crippen LogP contribution in [0.3, 0.4) is 0 Å². The lowest BCUT2D eigenvalue weighted by molar-refractivity contribution is -0.146. The Bertz CT molecular complexity index is 701. The van der Waals surface area contributed by atoms with Crippen LogP contribution in [0.25, 0.3) is 11.0 Å². The van der Waals surface area contributed by atoms with E-state index in [2.05, 4.69) is 19.4 Å². The lowest BCUT2D eigenvalue weighted by Crippen LogP contribution is -2.40. The minimum Gasteiger partial charge on any atom is -0.481 e. The van der Waals surface area contributed by atoms with Crippen molar-refractivity contribution in [1.29, 1.82) is 0 Å². The van der Waals surface area contributed by atoms with Crippen molar-refractivity contribution in [2.24, 2.45) is 5.41 Å². The van der Waals surface area contributed by atoms with Crippen LogP contribution in [-0.2, 0) is 4.79 Å². The molecule has 7 nitrogen and oxygen atoms in total. The summed E-state index contributed by atoms with van der Waals surface area (Å²) in [7, 11) is 0. The van der Waals surface area contributed by atoms with Gasteiger partial charge in [-0.3, -0.25) is 4.79 Å². The molecule has 0 aliphatic carbocycles. The Kier molecular flexibility index (Phi) is 4.29. The van der Waals surface area contributed by atoms with E-state index in [4.69, 9.17) is 16.7 Å². The number of benzene rings is 1. The first-order valence-corrected chi connectivity index (χ1v) is 7.11. The number of aromatic nitrogens is 2. The number of halogens is 1. The summed E-state index contributed by atoms with van der Waals surface area (Å²) in [5.74, 6) is -0.994. The molecule has 0 spiro atoms. The van der Waals surface area contributed by atoms with Crippen molar-refractivity contribution >= 4 is 52.1 Å². The number of carbonyl (C=O) groups is 2. The first-order valence-electron chi connectivity index (χ1n) is 6.00. The zero-order chi connectivity index (χ0) is 15.6. The van der Waals surface area contributed by atoms with Crippen molar-refractivity contribution in [3.8, 4) is 0 Å². The molecule has 2 rings (SSSR count). The van der Waals surface area contributed by atoms with Gasteiger partial charge in [0.2, 0.25) is 0 Å². The predicted molar refractivity (Wildman–Crippen MR) is 80.9 cm³/mol. The third kappa shape index (κ3) is 3.40. The van der Waals surface area contributed by atoms with Crippen molar-refractivity contribution in [3.63, 3.8) is 0 Å². The number of urea groups is 1. The summed E-state index contributed by atoms with van der Waals surface area (Å²) >= 11 is 7.06. The van der Waals surface area contributed by atoms with Crippen LogP contribution in [0, 0.1) is 5.41 Å². The molecule has 0 radical (unpaired) electrons. The van der Waals surface area contributed by atoms with E-state index in [-0.39, 0.29) is 6.54 Å². The number of aliphatic carboxylic acids is 1. The summed E-state index contributed by atoms with van der Waals surface area (Å²) < 4.78 is 8.14. The summed E-state index contributed by atoms with van der Waals surface area (Å²) in [6, 6.07) is 2.77. The van der Waals surface area contributed by atoms with Gasteiger partial charge in [-0.05, 0) is 26.0 Å². The molecule has 2 amide bonds. The molecule has 0 atom stereocenters. The minimum absolute atomic E-state index is 0.0168. The van der Waals surface area contributed by atoms with Gasteiger partial charge in [-0.2, -0.15) is 8.75 Å². The third-order valence-corrected chi connectivity index (χ3v) is 3.74. The summed E-state index contributed by atoms with van der Waals surface area (Å²) in [6.07, 6.45) is 0. The Labute approximate surface area is 129 Å². The molecule has 3 N–H and O–H groups in total. The third-order valence-electron chi connectivity index (χ3n) is 2.89. The van der Waals surface area contributed by atoms with Gasteiger partial charge in [0, 0.05) is 6.54 Å². The largest absolute Gasteiger partial charge is 0.481 e. The molecule has 1 aromatic heterocycles. The molecule has 21 heavy (non-hydrogen) atoms. The fraction of sp³-hybridized carbons (Fsp3) is 0.333. The fourth-order valence-electron chi connectivity index (χ4n) is 1.48. The molecule has 1 heterocycles. The van der Waals surface area contributed by atoms with Gasteiger partial charge in [-0.1, -0.05) is 11.6 Å². The van der Waals surface area contributed by atoms with Crippen molar-refractivity contribution in [1.82, 2.24) is 14.1 Å². The Morgan fingerprint density at radius 1 is 1.38 bits per heavy atom. The molecule has 0 fully saturated rings. The number of hydrogen-bond acceptors (Lipinski definition) is 5. The fourth-order valence-corrected chi connectivity index (χ4v) is 2.22. The van der Waals surface area contributed by atoms with Gasteiger partial charge in [0.15, 0.2) is 0 Å². The van der Waals surface area contributed by atoms with Crippen molar-refractivity contribution in [3.05, 3.63) is 17.2 Å². The molecule has 2 aromatic rings. The van der Waals surface area contributed by atoms with E-state index in [1.54, 1.807) is 12.1 Å². The Morgan fingerprint density at radius 3 is 2.76 bits per heavy atom. The SMILES string of the molecule is CC(C)(CNC(=O)Nc1c(Cl)ccc2nsnc12)C(=O)O. The van der Waals surface area contributed by atoms with Gasteiger partial charge >= 0.3 is 12.0 Å². The highest BCUT2D eigenvalue weighted by atomic mass is 35.5. The van der Waals surface area contributed by atoms with Crippen LogP contribution < -0.4 is 10.6 Å². The monoisotopic (exact) mass is 328 g/mol. The molecule has 0 bridgehead atoms. The number of amides is 2. The summed E-state index contributed by atoms with van der Waals surface area (Å²) in [5, 5.41) is 14.4. The lowest BCUT2D eigenvalue weighted by atomic mass is 9.94. The molecule has 0 saturated heterocycles. The van der Waals surface area contributed by atoms with Crippen LogP contribution >= 0.6 is 23.3 Å². The molecule has 1 aromatic carbocycles. The smallest absolute Gasteiger partial charge is 0.319 e. The van der Waals surface area contributed by atoms with E-state index in [0.29, 0.717) is 21.7 Å². The topological polar surface area (TPSA) is 104 Å². The van der Waals surface area contributed by atoms with E-state index in [0.717, 1.165) is 11.7 Å². The normalized spacial score (nSPS) is 11.4. The van der Waals surface area contributed by atoms with Gasteiger partial charge < -0.3 is 15.7 Å². The van der Waals surface area contributed by atoms with Crippen LogP contribution in [0.5, 0.6) is 0 Å². The molecule has 0 aliphatic heterocycles. The van der Waals surface area contributed by atoms with Gasteiger partial charge in [0.25, 0.3) is 0 Å². The molecule has 112 valence electrons. The first kappa shape index (κ1) is 15.5. The number of hydrogen-bond donors (Lipinski definition) is 3. The second-order valence-electron chi connectivity index (χ2n) is 5.05. The molecular weight excluding hydrogens is 316 g/mol. The Balaban J connectivity index is 2.10. The van der Waals surface area contributed by atoms with Gasteiger partial charge in [0.1, 0.15) is 11.0 Å². The highest BCUT2D eigenvalue weighted by molar-refractivity contribution is 7.00. The second-order valence-corrected chi connectivity index (χ2v) is 5.99. The maximum absolute atomic E-state index is 11.9. The van der Waals surface area contributed by atoms with Crippen molar-refractivity contribution in [2.75, 3.05) is 11.9 Å². The van der Waals surface area contributed by atoms with E-state index in [9.17, 15) is 9.59 Å². The molecule has 9 heteroatoms. The Morgan fingerprint density at radius 2 is 2.10 bits per heavy atom. The van der Waals surface area contributed by atoms with Crippen LogP contribution in [0.2, 0.25) is 5.02 Å². The van der Waals surface area contributed by atoms with E-state index >= 15 is 0 Å². The number of carboxylic acid groups (broad SMARTS) is 1. The zero-order valence-electron chi connectivity index (χ0n) is 11.3. The molecular formula is C12H13ClN4O3S. The van der Waals surface area contributed by atoms with E-state index in [1.165, 1.54) is 13.8 Å². The molecule has 0 aliphatic rings. The van der Waals surface area contributed by atoms with E-state index < -0.39 is 17.4 Å². The number of nitrogens with zero attached hydrogens (tertiary/aromatic N) is 2. The molecule has 0 unspecified atom stereocenters. The summed E-state index contributed by atoms with van der Waals surface area (Å²) in [5.41, 5.74) is 0.425. The van der Waals surface area contributed by atoms with Crippen LogP contribution in [0.1, 0.15) is 13.8 Å². The van der Waals surface area contributed by atoms with Crippen molar-refractivity contribution in [2.45, 2.75) is 13.8 Å². The first-order chi connectivity index (χ1) is 9.81. The lowest BCUT2D eigenvalue weighted by Gasteiger charge is -2.19. The average molecular weight is 329 g/mol. The number of anilines is 1. The van der Waals surface area contributed by atoms with Gasteiger partial charge in [0.05, 0.1) is 27.9 Å².